The van der Waals surface area contributed by atoms with Gasteiger partial charge < -0.3 is 9.84 Å². The molecule has 1 aromatic carbocycles. The lowest BCUT2D eigenvalue weighted by atomic mass is 10.2. The molecule has 0 unspecified atom stereocenters. The highest BCUT2D eigenvalue weighted by atomic mass is 79.9. The van der Waals surface area contributed by atoms with E-state index in [9.17, 15) is 13.2 Å². The first-order chi connectivity index (χ1) is 9.38. The Bertz CT molecular complexity index is 610. The van der Waals surface area contributed by atoms with E-state index in [1.165, 1.54) is 12.1 Å². The van der Waals surface area contributed by atoms with E-state index in [-0.39, 0.29) is 23.1 Å². The van der Waals surface area contributed by atoms with Crippen LogP contribution in [0.15, 0.2) is 27.6 Å². The molecule has 1 fully saturated rings. The van der Waals surface area contributed by atoms with E-state index in [4.69, 9.17) is 9.84 Å². The minimum Gasteiger partial charge on any atom is -0.478 e. The summed E-state index contributed by atoms with van der Waals surface area (Å²) in [6, 6.07) is 3.84. The van der Waals surface area contributed by atoms with Crippen molar-refractivity contribution in [2.24, 2.45) is 0 Å². The lowest BCUT2D eigenvalue weighted by Gasteiger charge is -2.12. The molecule has 0 bridgehead atoms. The van der Waals surface area contributed by atoms with Gasteiger partial charge in [-0.15, -0.1) is 0 Å². The van der Waals surface area contributed by atoms with Gasteiger partial charge in [-0.1, -0.05) is 15.9 Å². The zero-order valence-electron chi connectivity index (χ0n) is 10.5. The number of sulfonamides is 1. The Morgan fingerprint density at radius 2 is 2.20 bits per heavy atom. The highest BCUT2D eigenvalue weighted by Gasteiger charge is 2.21. The summed E-state index contributed by atoms with van der Waals surface area (Å²) >= 11 is 3.11. The number of hydrogen-bond acceptors (Lipinski definition) is 4. The van der Waals surface area contributed by atoms with Crippen LogP contribution in [0.4, 0.5) is 0 Å². The van der Waals surface area contributed by atoms with Crippen LogP contribution in [0, 0.1) is 0 Å². The second-order valence-corrected chi connectivity index (χ2v) is 7.15. The lowest BCUT2D eigenvalue weighted by Crippen LogP contribution is -2.32. The van der Waals surface area contributed by atoms with Gasteiger partial charge in [0.25, 0.3) is 0 Å². The van der Waals surface area contributed by atoms with Gasteiger partial charge in [0.1, 0.15) is 0 Å². The number of carboxylic acid groups (broad SMARTS) is 1. The quantitative estimate of drug-likeness (QED) is 0.828. The molecule has 0 aromatic heterocycles. The van der Waals surface area contributed by atoms with Crippen molar-refractivity contribution in [2.75, 3.05) is 13.2 Å². The topological polar surface area (TPSA) is 92.7 Å². The van der Waals surface area contributed by atoms with Crippen LogP contribution in [0.3, 0.4) is 0 Å². The number of carboxylic acids is 1. The molecule has 8 heteroatoms. The lowest BCUT2D eigenvalue weighted by molar-refractivity contribution is 0.0696. The maximum absolute atomic E-state index is 12.1. The third-order valence-corrected chi connectivity index (χ3v) is 4.81. The van der Waals surface area contributed by atoms with E-state index in [0.29, 0.717) is 11.1 Å². The van der Waals surface area contributed by atoms with E-state index < -0.39 is 16.0 Å². The number of nitrogens with one attached hydrogen (secondary N) is 1. The van der Waals surface area contributed by atoms with Crippen molar-refractivity contribution in [3.05, 3.63) is 28.2 Å². The highest BCUT2D eigenvalue weighted by molar-refractivity contribution is 9.10. The second-order valence-electron chi connectivity index (χ2n) is 4.47. The molecule has 0 saturated carbocycles. The van der Waals surface area contributed by atoms with Crippen LogP contribution in [-0.4, -0.2) is 38.7 Å². The molecular weight excluding hydrogens is 350 g/mol. The van der Waals surface area contributed by atoms with Gasteiger partial charge in [-0.05, 0) is 31.0 Å². The predicted octanol–water partition coefficient (Wildman–Crippen LogP) is 1.60. The Morgan fingerprint density at radius 1 is 1.45 bits per heavy atom. The fourth-order valence-electron chi connectivity index (χ4n) is 1.93. The second kappa shape index (κ2) is 6.21. The molecule has 1 aromatic rings. The van der Waals surface area contributed by atoms with Gasteiger partial charge in [-0.3, -0.25) is 0 Å². The minimum atomic E-state index is -3.75. The fraction of sp³-hybridized carbons (Fsp3) is 0.417. The summed E-state index contributed by atoms with van der Waals surface area (Å²) < 4.78 is 32.5. The van der Waals surface area contributed by atoms with E-state index >= 15 is 0 Å². The van der Waals surface area contributed by atoms with Crippen LogP contribution < -0.4 is 4.72 Å². The van der Waals surface area contributed by atoms with Crippen molar-refractivity contribution in [1.29, 1.82) is 0 Å². The first-order valence-electron chi connectivity index (χ1n) is 6.03. The summed E-state index contributed by atoms with van der Waals surface area (Å²) in [5.74, 6) is -1.18. The van der Waals surface area contributed by atoms with Crippen molar-refractivity contribution >= 4 is 31.9 Å². The summed E-state index contributed by atoms with van der Waals surface area (Å²) in [7, 11) is -3.75. The van der Waals surface area contributed by atoms with Gasteiger partial charge in [0, 0.05) is 17.6 Å². The predicted molar refractivity (Wildman–Crippen MR) is 75.3 cm³/mol. The van der Waals surface area contributed by atoms with Gasteiger partial charge in [0.2, 0.25) is 10.0 Å². The number of halogens is 1. The summed E-state index contributed by atoms with van der Waals surface area (Å²) in [4.78, 5) is 10.9. The Hall–Kier alpha value is -0.960. The van der Waals surface area contributed by atoms with E-state index in [0.717, 1.165) is 18.9 Å². The Balaban J connectivity index is 2.17. The van der Waals surface area contributed by atoms with Crippen molar-refractivity contribution in [3.8, 4) is 0 Å². The van der Waals surface area contributed by atoms with Gasteiger partial charge in [-0.25, -0.2) is 17.9 Å². The number of rotatable bonds is 5. The van der Waals surface area contributed by atoms with Crippen LogP contribution in [0.5, 0.6) is 0 Å². The van der Waals surface area contributed by atoms with E-state index in [1.54, 1.807) is 0 Å². The first-order valence-corrected chi connectivity index (χ1v) is 8.31. The summed E-state index contributed by atoms with van der Waals surface area (Å²) in [6.45, 7) is 0.837. The van der Waals surface area contributed by atoms with Gasteiger partial charge in [-0.2, -0.15) is 0 Å². The van der Waals surface area contributed by atoms with E-state index in [1.807, 2.05) is 0 Å². The minimum absolute atomic E-state index is 0.0812. The van der Waals surface area contributed by atoms with Crippen LogP contribution in [-0.2, 0) is 14.8 Å². The maximum Gasteiger partial charge on any atom is 0.335 e. The average molecular weight is 364 g/mol. The molecule has 20 heavy (non-hydrogen) atoms. The van der Waals surface area contributed by atoms with Crippen molar-refractivity contribution in [3.63, 3.8) is 0 Å². The monoisotopic (exact) mass is 363 g/mol. The molecule has 1 aliphatic rings. The van der Waals surface area contributed by atoms with Crippen LogP contribution in [0.1, 0.15) is 23.2 Å². The summed E-state index contributed by atoms with van der Waals surface area (Å²) in [6.07, 6.45) is 1.63. The fourth-order valence-corrected chi connectivity index (χ4v) is 3.71. The highest BCUT2D eigenvalue weighted by Crippen LogP contribution is 2.20. The van der Waals surface area contributed by atoms with E-state index in [2.05, 4.69) is 20.7 Å². The smallest absolute Gasteiger partial charge is 0.335 e. The van der Waals surface area contributed by atoms with Crippen molar-refractivity contribution in [2.45, 2.75) is 23.8 Å². The SMILES string of the molecule is O=C(O)c1cc(Br)cc(S(=O)(=O)NC[C@@H]2CCCO2)c1. The molecule has 0 spiro atoms. The maximum atomic E-state index is 12.1. The van der Waals surface area contributed by atoms with Gasteiger partial charge in [0.15, 0.2) is 0 Å². The summed E-state index contributed by atoms with van der Waals surface area (Å²) in [5.41, 5.74) is -0.0862. The number of aromatic carboxylic acids is 1. The number of benzene rings is 1. The normalized spacial score (nSPS) is 19.1. The number of carbonyl (C=O) groups is 1. The zero-order chi connectivity index (χ0) is 14.8. The average Bonchev–Trinajstić information content (AvgIpc) is 2.89. The molecule has 110 valence electrons. The third-order valence-electron chi connectivity index (χ3n) is 2.95. The molecule has 2 N–H and O–H groups in total. The Morgan fingerprint density at radius 3 is 2.80 bits per heavy atom. The Kier molecular flexibility index (Phi) is 4.79. The molecule has 1 saturated heterocycles. The molecule has 0 amide bonds. The number of ether oxygens (including phenoxy) is 1. The summed E-state index contributed by atoms with van der Waals surface area (Å²) in [5, 5.41) is 8.95. The number of hydrogen-bond donors (Lipinski definition) is 2. The molecule has 1 atom stereocenters. The zero-order valence-corrected chi connectivity index (χ0v) is 12.9. The first kappa shape index (κ1) is 15.4. The van der Waals surface area contributed by atoms with Crippen LogP contribution >= 0.6 is 15.9 Å². The Labute approximate surface area is 125 Å². The molecule has 0 radical (unpaired) electrons. The molecule has 1 aliphatic heterocycles. The molecular formula is C12H14BrNO5S. The largest absolute Gasteiger partial charge is 0.478 e. The molecule has 2 rings (SSSR count). The molecule has 0 aliphatic carbocycles. The third kappa shape index (κ3) is 3.78. The van der Waals surface area contributed by atoms with Crippen molar-refractivity contribution in [1.82, 2.24) is 4.72 Å². The molecule has 1 heterocycles. The van der Waals surface area contributed by atoms with Gasteiger partial charge >= 0.3 is 5.97 Å². The van der Waals surface area contributed by atoms with Crippen molar-refractivity contribution < 1.29 is 23.1 Å². The van der Waals surface area contributed by atoms with Crippen LogP contribution in [0.2, 0.25) is 0 Å². The standard InChI is InChI=1S/C12H14BrNO5S/c13-9-4-8(12(15)16)5-11(6-9)20(17,18)14-7-10-2-1-3-19-10/h4-6,10,14H,1-3,7H2,(H,15,16)/t10-/m0/s1. The van der Waals surface area contributed by atoms with Crippen LogP contribution in [0.25, 0.3) is 0 Å². The van der Waals surface area contributed by atoms with Gasteiger partial charge in [0.05, 0.1) is 16.6 Å². The molecule has 6 nitrogen and oxygen atoms in total.